The van der Waals surface area contributed by atoms with Gasteiger partial charge in [-0.15, -0.1) is 0 Å². The van der Waals surface area contributed by atoms with Gasteiger partial charge in [0.2, 0.25) is 23.6 Å². The molecule has 0 saturated carbocycles. The van der Waals surface area contributed by atoms with E-state index >= 15 is 0 Å². The average Bonchev–Trinajstić information content (AvgIpc) is 3.02. The molecule has 0 unspecified atom stereocenters. The largest absolute Gasteiger partial charge is 0.445 e. The zero-order valence-electron chi connectivity index (χ0n) is 25.6. The van der Waals surface area contributed by atoms with Crippen LogP contribution in [-0.4, -0.2) is 108 Å². The molecule has 16 nitrogen and oxygen atoms in total. The zero-order chi connectivity index (χ0) is 33.8. The third kappa shape index (κ3) is 14.9. The smallest absolute Gasteiger partial charge is 0.408 e. The van der Waals surface area contributed by atoms with Gasteiger partial charge in [-0.25, -0.2) is 4.79 Å². The van der Waals surface area contributed by atoms with Crippen molar-refractivity contribution < 1.29 is 48.8 Å². The molecule has 1 rings (SSSR count). The minimum absolute atomic E-state index is 0.0546. The topological polar surface area (TPSA) is 259 Å². The number of ether oxygens (including phenoxy) is 1. The third-order valence-electron chi connectivity index (χ3n) is 6.43. The van der Waals surface area contributed by atoms with Gasteiger partial charge >= 0.3 is 6.09 Å². The Labute approximate surface area is 261 Å². The number of amides is 5. The quantitative estimate of drug-likeness (QED) is 0.0505. The lowest BCUT2D eigenvalue weighted by Crippen LogP contribution is -2.60. The van der Waals surface area contributed by atoms with Crippen LogP contribution in [0.2, 0.25) is 0 Å². The number of carbonyl (C=O) groups excluding carboxylic acids is 6. The first-order chi connectivity index (χ1) is 21.5. The highest BCUT2D eigenvalue weighted by atomic mass is 16.5. The van der Waals surface area contributed by atoms with Gasteiger partial charge in [0.25, 0.3) is 0 Å². The van der Waals surface area contributed by atoms with E-state index in [1.54, 1.807) is 30.3 Å². The minimum atomic E-state index is -1.60. The highest BCUT2D eigenvalue weighted by molar-refractivity contribution is 5.95. The van der Waals surface area contributed by atoms with E-state index in [9.17, 15) is 44.1 Å². The summed E-state index contributed by atoms with van der Waals surface area (Å²) >= 11 is 0. The van der Waals surface area contributed by atoms with Crippen LogP contribution in [0.4, 0.5) is 4.79 Å². The lowest BCUT2D eigenvalue weighted by molar-refractivity contribution is -0.135. The highest BCUT2D eigenvalue weighted by Gasteiger charge is 2.31. The summed E-state index contributed by atoms with van der Waals surface area (Å²) in [5.74, 6) is -3.57. The molecule has 1 aromatic carbocycles. The molecule has 0 radical (unpaired) electrons. The second-order valence-corrected chi connectivity index (χ2v) is 10.7. The number of benzene rings is 1. The Hall–Kier alpha value is -4.12. The van der Waals surface area contributed by atoms with Crippen LogP contribution in [0.1, 0.15) is 45.1 Å². The standard InChI is InChI=1S/C29H46N6O10/c1-18(2)12-20(13-36)31-26(41)22(14-37)33-25(40)21(10-6-7-11-30)32-27(42)23(15-38)34-28(43)24(16-39)35-29(44)45-17-19-8-4-3-5-9-19/h3-5,8-9,13,18,20-24,37-39H,6-7,10-12,14-17,30H2,1-2H3,(H,31,41)(H,32,42)(H,33,40)(H,34,43)(H,35,44)/t20-,21-,22-,23-,24-/m0/s1. The maximum absolute atomic E-state index is 13.1. The van der Waals surface area contributed by atoms with Crippen molar-refractivity contribution in [3.8, 4) is 0 Å². The fraction of sp³-hybridized carbons (Fsp3) is 0.586. The Morgan fingerprint density at radius 1 is 0.756 bits per heavy atom. The summed E-state index contributed by atoms with van der Waals surface area (Å²) in [4.78, 5) is 74.9. The van der Waals surface area contributed by atoms with E-state index in [0.29, 0.717) is 37.7 Å². The summed E-state index contributed by atoms with van der Waals surface area (Å²) in [7, 11) is 0. The molecule has 5 amide bonds. The Kier molecular flexibility index (Phi) is 18.6. The SMILES string of the molecule is CC(C)C[C@@H](C=O)NC(=O)[C@H](CO)NC(=O)[C@H](CCCCN)NC(=O)[C@H](CO)NC(=O)[C@H](CO)NC(=O)OCc1ccccc1. The van der Waals surface area contributed by atoms with E-state index in [0.717, 1.165) is 0 Å². The summed E-state index contributed by atoms with van der Waals surface area (Å²) in [6.45, 7) is 1.34. The molecule has 10 N–H and O–H groups in total. The third-order valence-corrected chi connectivity index (χ3v) is 6.43. The number of alkyl carbamates (subject to hydrolysis) is 1. The number of unbranched alkanes of at least 4 members (excludes halogenated alkanes) is 1. The Morgan fingerprint density at radius 2 is 1.24 bits per heavy atom. The number of aliphatic hydroxyl groups is 3. The van der Waals surface area contributed by atoms with Gasteiger partial charge in [-0.05, 0) is 43.7 Å². The first kappa shape index (κ1) is 38.9. The van der Waals surface area contributed by atoms with E-state index < -0.39 is 79.8 Å². The van der Waals surface area contributed by atoms with Gasteiger partial charge in [0, 0.05) is 0 Å². The van der Waals surface area contributed by atoms with Crippen molar-refractivity contribution >= 4 is 36.0 Å². The van der Waals surface area contributed by atoms with E-state index in [1.807, 2.05) is 13.8 Å². The van der Waals surface area contributed by atoms with Crippen molar-refractivity contribution in [2.24, 2.45) is 11.7 Å². The molecule has 16 heteroatoms. The summed E-state index contributed by atoms with van der Waals surface area (Å²) in [6, 6.07) is 2.03. The number of aliphatic hydroxyl groups excluding tert-OH is 3. The molecule has 0 fully saturated rings. The first-order valence-corrected chi connectivity index (χ1v) is 14.7. The van der Waals surface area contributed by atoms with Crippen LogP contribution in [0.15, 0.2) is 30.3 Å². The maximum atomic E-state index is 13.1. The van der Waals surface area contributed by atoms with Gasteiger partial charge in [0.1, 0.15) is 37.1 Å². The van der Waals surface area contributed by atoms with Gasteiger partial charge in [0.05, 0.1) is 25.9 Å². The monoisotopic (exact) mass is 638 g/mol. The van der Waals surface area contributed by atoms with Crippen molar-refractivity contribution in [3.63, 3.8) is 0 Å². The number of carbonyl (C=O) groups is 6. The predicted octanol–water partition coefficient (Wildman–Crippen LogP) is -2.43. The lowest BCUT2D eigenvalue weighted by atomic mass is 10.0. The van der Waals surface area contributed by atoms with E-state index in [2.05, 4.69) is 26.6 Å². The van der Waals surface area contributed by atoms with Crippen molar-refractivity contribution in [2.75, 3.05) is 26.4 Å². The highest BCUT2D eigenvalue weighted by Crippen LogP contribution is 2.06. The van der Waals surface area contributed by atoms with Crippen molar-refractivity contribution in [1.82, 2.24) is 26.6 Å². The molecule has 0 aliphatic rings. The van der Waals surface area contributed by atoms with Gasteiger partial charge < -0.3 is 57.2 Å². The van der Waals surface area contributed by atoms with Crippen LogP contribution >= 0.6 is 0 Å². The van der Waals surface area contributed by atoms with Crippen LogP contribution in [0, 0.1) is 5.92 Å². The fourth-order valence-electron chi connectivity index (χ4n) is 4.01. The molecular formula is C29H46N6O10. The first-order valence-electron chi connectivity index (χ1n) is 14.7. The molecule has 5 atom stereocenters. The Bertz CT molecular complexity index is 1090. The van der Waals surface area contributed by atoms with Crippen LogP contribution < -0.4 is 32.3 Å². The second kappa shape index (κ2) is 21.6. The van der Waals surface area contributed by atoms with E-state index in [1.165, 1.54) is 0 Å². The van der Waals surface area contributed by atoms with Gasteiger partial charge in [0.15, 0.2) is 0 Å². The predicted molar refractivity (Wildman–Crippen MR) is 161 cm³/mol. The zero-order valence-corrected chi connectivity index (χ0v) is 25.6. The molecule has 0 spiro atoms. The molecule has 1 aromatic rings. The molecule has 252 valence electrons. The van der Waals surface area contributed by atoms with Crippen LogP contribution in [0.5, 0.6) is 0 Å². The normalized spacial score (nSPS) is 14.2. The molecule has 0 aliphatic heterocycles. The number of nitrogens with one attached hydrogen (secondary N) is 5. The summed E-state index contributed by atoms with van der Waals surface area (Å²) < 4.78 is 5.03. The Morgan fingerprint density at radius 3 is 1.73 bits per heavy atom. The maximum Gasteiger partial charge on any atom is 0.408 e. The Balaban J connectivity index is 2.86. The molecule has 0 aliphatic carbocycles. The summed E-state index contributed by atoms with van der Waals surface area (Å²) in [5.41, 5.74) is 6.22. The molecule has 0 aromatic heterocycles. The van der Waals surface area contributed by atoms with Crippen LogP contribution in [0.3, 0.4) is 0 Å². The summed E-state index contributed by atoms with van der Waals surface area (Å²) in [6.07, 6.45) is 0.806. The van der Waals surface area contributed by atoms with Gasteiger partial charge in [-0.3, -0.25) is 19.2 Å². The molecule has 45 heavy (non-hydrogen) atoms. The molecule has 0 saturated heterocycles. The van der Waals surface area contributed by atoms with Crippen LogP contribution in [-0.2, 0) is 35.3 Å². The van der Waals surface area contributed by atoms with Crippen LogP contribution in [0.25, 0.3) is 0 Å². The molecule has 0 heterocycles. The lowest BCUT2D eigenvalue weighted by Gasteiger charge is -2.25. The van der Waals surface area contributed by atoms with E-state index in [-0.39, 0.29) is 18.9 Å². The average molecular weight is 639 g/mol. The van der Waals surface area contributed by atoms with Gasteiger partial charge in [-0.1, -0.05) is 44.2 Å². The summed E-state index contributed by atoms with van der Waals surface area (Å²) in [5, 5.41) is 40.7. The van der Waals surface area contributed by atoms with Crippen molar-refractivity contribution in [2.45, 2.75) is 76.3 Å². The number of aldehydes is 1. The van der Waals surface area contributed by atoms with Crippen molar-refractivity contribution in [3.05, 3.63) is 35.9 Å². The number of nitrogens with two attached hydrogens (primary N) is 1. The fourth-order valence-corrected chi connectivity index (χ4v) is 4.01. The molecular weight excluding hydrogens is 592 g/mol. The minimum Gasteiger partial charge on any atom is -0.445 e. The number of rotatable bonds is 21. The van der Waals surface area contributed by atoms with E-state index in [4.69, 9.17) is 10.5 Å². The number of hydrogen-bond donors (Lipinski definition) is 9. The van der Waals surface area contributed by atoms with Gasteiger partial charge in [-0.2, -0.15) is 0 Å². The number of hydrogen-bond acceptors (Lipinski definition) is 11. The molecule has 0 bridgehead atoms. The van der Waals surface area contributed by atoms with Crippen molar-refractivity contribution in [1.29, 1.82) is 0 Å². The second-order valence-electron chi connectivity index (χ2n) is 10.7.